The SMILES string of the molecule is CC1CC(NC(N)=NC2CCCC2)C1. The van der Waals surface area contributed by atoms with E-state index in [1.807, 2.05) is 0 Å². The minimum Gasteiger partial charge on any atom is -0.370 e. The van der Waals surface area contributed by atoms with Gasteiger partial charge in [0.05, 0.1) is 6.04 Å². The zero-order valence-electron chi connectivity index (χ0n) is 9.00. The average molecular weight is 195 g/mol. The van der Waals surface area contributed by atoms with Crippen molar-refractivity contribution in [2.45, 2.75) is 57.5 Å². The minimum absolute atomic E-state index is 0.500. The third-order valence-corrected chi connectivity index (χ3v) is 3.37. The molecule has 0 saturated heterocycles. The van der Waals surface area contributed by atoms with E-state index in [4.69, 9.17) is 5.73 Å². The first kappa shape index (κ1) is 9.81. The van der Waals surface area contributed by atoms with Crippen LogP contribution in [0.4, 0.5) is 0 Å². The lowest BCUT2D eigenvalue weighted by molar-refractivity contribution is 0.267. The van der Waals surface area contributed by atoms with Gasteiger partial charge in [0.25, 0.3) is 0 Å². The second kappa shape index (κ2) is 4.20. The van der Waals surface area contributed by atoms with Crippen molar-refractivity contribution in [3.05, 3.63) is 0 Å². The van der Waals surface area contributed by atoms with Crippen LogP contribution in [-0.4, -0.2) is 18.0 Å². The molecular weight excluding hydrogens is 174 g/mol. The summed E-state index contributed by atoms with van der Waals surface area (Å²) in [7, 11) is 0. The Labute approximate surface area is 86.2 Å². The number of nitrogens with zero attached hydrogens (tertiary/aromatic N) is 1. The minimum atomic E-state index is 0.500. The maximum Gasteiger partial charge on any atom is 0.189 e. The Bertz CT molecular complexity index is 213. The van der Waals surface area contributed by atoms with Gasteiger partial charge in [-0.1, -0.05) is 19.8 Å². The van der Waals surface area contributed by atoms with E-state index in [2.05, 4.69) is 17.2 Å². The first-order chi connectivity index (χ1) is 6.74. The Balaban J connectivity index is 1.73. The zero-order valence-corrected chi connectivity index (χ0v) is 9.00. The Morgan fingerprint density at radius 2 is 1.93 bits per heavy atom. The highest BCUT2D eigenvalue weighted by Gasteiger charge is 2.25. The maximum absolute atomic E-state index is 5.85. The number of hydrogen-bond acceptors (Lipinski definition) is 1. The Hall–Kier alpha value is -0.730. The van der Waals surface area contributed by atoms with Gasteiger partial charge in [-0.3, -0.25) is 4.99 Å². The van der Waals surface area contributed by atoms with Crippen LogP contribution in [0.1, 0.15) is 45.4 Å². The number of hydrogen-bond donors (Lipinski definition) is 2. The monoisotopic (exact) mass is 195 g/mol. The van der Waals surface area contributed by atoms with Gasteiger partial charge in [0, 0.05) is 6.04 Å². The van der Waals surface area contributed by atoms with Crippen LogP contribution >= 0.6 is 0 Å². The number of nitrogens with one attached hydrogen (secondary N) is 1. The molecule has 0 aromatic carbocycles. The van der Waals surface area contributed by atoms with Crippen molar-refractivity contribution >= 4 is 5.96 Å². The number of nitrogens with two attached hydrogens (primary N) is 1. The van der Waals surface area contributed by atoms with E-state index in [1.54, 1.807) is 0 Å². The molecule has 3 heteroatoms. The molecule has 14 heavy (non-hydrogen) atoms. The van der Waals surface area contributed by atoms with Gasteiger partial charge in [-0.2, -0.15) is 0 Å². The van der Waals surface area contributed by atoms with Crippen molar-refractivity contribution in [1.29, 1.82) is 0 Å². The first-order valence-corrected chi connectivity index (χ1v) is 5.84. The van der Waals surface area contributed by atoms with Crippen molar-refractivity contribution in [3.63, 3.8) is 0 Å². The predicted molar refractivity (Wildman–Crippen MR) is 59.2 cm³/mol. The highest BCUT2D eigenvalue weighted by molar-refractivity contribution is 5.78. The molecule has 2 fully saturated rings. The molecule has 0 aromatic rings. The molecule has 0 bridgehead atoms. The van der Waals surface area contributed by atoms with Gasteiger partial charge in [-0.15, -0.1) is 0 Å². The fraction of sp³-hybridized carbons (Fsp3) is 0.909. The average Bonchev–Trinajstić information content (AvgIpc) is 2.54. The summed E-state index contributed by atoms with van der Waals surface area (Å²) in [5.74, 6) is 1.54. The van der Waals surface area contributed by atoms with E-state index in [0.717, 1.165) is 5.92 Å². The van der Waals surface area contributed by atoms with Gasteiger partial charge in [-0.05, 0) is 31.6 Å². The molecule has 0 unspecified atom stereocenters. The number of rotatable bonds is 2. The fourth-order valence-electron chi connectivity index (χ4n) is 2.50. The molecule has 2 rings (SSSR count). The molecule has 2 aliphatic carbocycles. The lowest BCUT2D eigenvalue weighted by Crippen LogP contribution is -2.47. The van der Waals surface area contributed by atoms with Crippen LogP contribution in [0.5, 0.6) is 0 Å². The summed E-state index contributed by atoms with van der Waals surface area (Å²) in [6.07, 6.45) is 7.60. The summed E-state index contributed by atoms with van der Waals surface area (Å²) in [4.78, 5) is 4.51. The van der Waals surface area contributed by atoms with E-state index in [1.165, 1.54) is 38.5 Å². The van der Waals surface area contributed by atoms with E-state index in [0.29, 0.717) is 18.0 Å². The van der Waals surface area contributed by atoms with E-state index < -0.39 is 0 Å². The van der Waals surface area contributed by atoms with Crippen LogP contribution in [0.15, 0.2) is 4.99 Å². The van der Waals surface area contributed by atoms with Crippen molar-refractivity contribution in [2.24, 2.45) is 16.6 Å². The lowest BCUT2D eigenvalue weighted by atomic mass is 9.82. The normalized spacial score (nSPS) is 34.2. The Morgan fingerprint density at radius 3 is 2.50 bits per heavy atom. The van der Waals surface area contributed by atoms with Gasteiger partial charge in [-0.25, -0.2) is 0 Å². The van der Waals surface area contributed by atoms with Crippen molar-refractivity contribution < 1.29 is 0 Å². The number of guanidine groups is 1. The summed E-state index contributed by atoms with van der Waals surface area (Å²) in [6.45, 7) is 2.28. The molecule has 0 spiro atoms. The van der Waals surface area contributed by atoms with Gasteiger partial charge in [0.15, 0.2) is 5.96 Å². The van der Waals surface area contributed by atoms with Gasteiger partial charge in [0.1, 0.15) is 0 Å². The lowest BCUT2D eigenvalue weighted by Gasteiger charge is -2.33. The third kappa shape index (κ3) is 2.40. The standard InChI is InChI=1S/C11H21N3/c1-8-6-10(7-8)14-11(12)13-9-4-2-3-5-9/h8-10H,2-7H2,1H3,(H3,12,13,14). The fourth-order valence-corrected chi connectivity index (χ4v) is 2.50. The van der Waals surface area contributed by atoms with Gasteiger partial charge >= 0.3 is 0 Å². The van der Waals surface area contributed by atoms with E-state index in [9.17, 15) is 0 Å². The van der Waals surface area contributed by atoms with Crippen molar-refractivity contribution in [2.75, 3.05) is 0 Å². The molecular formula is C11H21N3. The molecule has 0 radical (unpaired) electrons. The molecule has 0 atom stereocenters. The molecule has 0 aromatic heterocycles. The second-order valence-electron chi connectivity index (χ2n) is 4.87. The third-order valence-electron chi connectivity index (χ3n) is 3.37. The topological polar surface area (TPSA) is 50.4 Å². The molecule has 2 saturated carbocycles. The van der Waals surface area contributed by atoms with Crippen molar-refractivity contribution in [3.8, 4) is 0 Å². The largest absolute Gasteiger partial charge is 0.370 e. The Morgan fingerprint density at radius 1 is 1.29 bits per heavy atom. The maximum atomic E-state index is 5.85. The smallest absolute Gasteiger partial charge is 0.189 e. The molecule has 80 valence electrons. The quantitative estimate of drug-likeness (QED) is 0.520. The first-order valence-electron chi connectivity index (χ1n) is 5.84. The second-order valence-corrected chi connectivity index (χ2v) is 4.87. The summed E-state index contributed by atoms with van der Waals surface area (Å²) < 4.78 is 0. The highest BCUT2D eigenvalue weighted by Crippen LogP contribution is 2.26. The molecule has 2 aliphatic rings. The van der Waals surface area contributed by atoms with E-state index >= 15 is 0 Å². The Kier molecular flexibility index (Phi) is 2.94. The van der Waals surface area contributed by atoms with Crippen molar-refractivity contribution in [1.82, 2.24) is 5.32 Å². The predicted octanol–water partition coefficient (Wildman–Crippen LogP) is 1.63. The summed E-state index contributed by atoms with van der Waals surface area (Å²) in [5, 5.41) is 3.30. The zero-order chi connectivity index (χ0) is 9.97. The molecule has 0 heterocycles. The van der Waals surface area contributed by atoms with Crippen LogP contribution in [0, 0.1) is 5.92 Å². The summed E-state index contributed by atoms with van der Waals surface area (Å²) in [5.41, 5.74) is 5.85. The number of aliphatic imine (C=N–C) groups is 1. The highest BCUT2D eigenvalue weighted by atomic mass is 15.1. The molecule has 3 nitrogen and oxygen atoms in total. The summed E-state index contributed by atoms with van der Waals surface area (Å²) in [6, 6.07) is 1.09. The summed E-state index contributed by atoms with van der Waals surface area (Å²) >= 11 is 0. The van der Waals surface area contributed by atoms with Crippen LogP contribution in [0.3, 0.4) is 0 Å². The van der Waals surface area contributed by atoms with Crippen LogP contribution in [-0.2, 0) is 0 Å². The molecule has 0 amide bonds. The molecule has 0 aliphatic heterocycles. The van der Waals surface area contributed by atoms with Gasteiger partial charge in [0.2, 0.25) is 0 Å². The van der Waals surface area contributed by atoms with Gasteiger partial charge < -0.3 is 11.1 Å². The van der Waals surface area contributed by atoms with Crippen LogP contribution in [0.2, 0.25) is 0 Å². The molecule has 3 N–H and O–H groups in total. The van der Waals surface area contributed by atoms with E-state index in [-0.39, 0.29) is 0 Å². The van der Waals surface area contributed by atoms with Crippen LogP contribution in [0.25, 0.3) is 0 Å². The van der Waals surface area contributed by atoms with Crippen LogP contribution < -0.4 is 11.1 Å².